The smallest absolute Gasteiger partial charge is 0.227 e. The summed E-state index contributed by atoms with van der Waals surface area (Å²) in [6.45, 7) is 4.24. The molecule has 0 saturated heterocycles. The molecule has 0 spiro atoms. The highest BCUT2D eigenvalue weighted by Gasteiger charge is 2.23. The number of methoxy groups -OCH3 is 1. The van der Waals surface area contributed by atoms with Crippen LogP contribution in [0.3, 0.4) is 0 Å². The lowest BCUT2D eigenvalue weighted by molar-refractivity contribution is 0.101. The van der Waals surface area contributed by atoms with Crippen molar-refractivity contribution in [1.82, 2.24) is 15.0 Å². The summed E-state index contributed by atoms with van der Waals surface area (Å²) in [6.07, 6.45) is 3.64. The fourth-order valence-corrected chi connectivity index (χ4v) is 4.46. The predicted molar refractivity (Wildman–Crippen MR) is 115 cm³/mol. The van der Waals surface area contributed by atoms with E-state index in [2.05, 4.69) is 22.5 Å². The molecule has 2 N–H and O–H groups in total. The van der Waals surface area contributed by atoms with Crippen molar-refractivity contribution in [1.29, 1.82) is 0 Å². The highest BCUT2D eigenvalue weighted by Crippen LogP contribution is 2.38. The third-order valence-corrected chi connectivity index (χ3v) is 5.76. The van der Waals surface area contributed by atoms with E-state index in [1.807, 2.05) is 24.4 Å². The van der Waals surface area contributed by atoms with Gasteiger partial charge in [-0.15, -0.1) is 0 Å². The Hall–Kier alpha value is -2.84. The van der Waals surface area contributed by atoms with Crippen LogP contribution in [0.5, 0.6) is 0 Å². The van der Waals surface area contributed by atoms with Gasteiger partial charge in [0.2, 0.25) is 5.95 Å². The molecule has 0 bridgehead atoms. The number of aromatic nitrogens is 3. The fourth-order valence-electron chi connectivity index (χ4n) is 3.32. The first-order valence-corrected chi connectivity index (χ1v) is 10.3. The molecule has 0 saturated carbocycles. The molecular weight excluding hydrogens is 386 g/mol. The molecule has 7 nitrogen and oxygen atoms in total. The molecule has 1 unspecified atom stereocenters. The van der Waals surface area contributed by atoms with Crippen molar-refractivity contribution in [3.8, 4) is 10.6 Å². The Kier molecular flexibility index (Phi) is 5.55. The van der Waals surface area contributed by atoms with Gasteiger partial charge in [-0.05, 0) is 44.4 Å². The SMILES string of the molecule is COCC(C)Nc1nc2c(s1)-c1nc(Nc3cccc(C(C)=O)c3)ncc1CC2. The number of thiazole rings is 1. The summed E-state index contributed by atoms with van der Waals surface area (Å²) in [5, 5.41) is 7.49. The molecule has 0 radical (unpaired) electrons. The number of nitrogens with one attached hydrogen (secondary N) is 2. The second-order valence-corrected chi connectivity index (χ2v) is 8.12. The number of aryl methyl sites for hydroxylation is 2. The van der Waals surface area contributed by atoms with E-state index in [1.54, 1.807) is 31.4 Å². The maximum atomic E-state index is 11.6. The Labute approximate surface area is 173 Å². The van der Waals surface area contributed by atoms with Crippen molar-refractivity contribution < 1.29 is 9.53 Å². The van der Waals surface area contributed by atoms with Crippen LogP contribution in [-0.2, 0) is 17.6 Å². The largest absolute Gasteiger partial charge is 0.383 e. The molecule has 8 heteroatoms. The Balaban J connectivity index is 1.60. The Morgan fingerprint density at radius 2 is 2.17 bits per heavy atom. The van der Waals surface area contributed by atoms with Gasteiger partial charge in [0.1, 0.15) is 0 Å². The van der Waals surface area contributed by atoms with Gasteiger partial charge in [0.05, 0.1) is 22.9 Å². The second kappa shape index (κ2) is 8.26. The molecule has 1 atom stereocenters. The summed E-state index contributed by atoms with van der Waals surface area (Å²) in [6, 6.07) is 7.53. The van der Waals surface area contributed by atoms with E-state index in [0.29, 0.717) is 18.1 Å². The topological polar surface area (TPSA) is 89.0 Å². The lowest BCUT2D eigenvalue weighted by Gasteiger charge is -2.15. The quantitative estimate of drug-likeness (QED) is 0.568. The maximum absolute atomic E-state index is 11.6. The minimum absolute atomic E-state index is 0.0250. The molecule has 0 fully saturated rings. The fraction of sp³-hybridized carbons (Fsp3) is 0.333. The Morgan fingerprint density at radius 1 is 1.31 bits per heavy atom. The number of carbonyl (C=O) groups excluding carboxylic acids is 1. The van der Waals surface area contributed by atoms with Crippen LogP contribution in [0.1, 0.15) is 35.5 Å². The summed E-state index contributed by atoms with van der Waals surface area (Å²) >= 11 is 1.61. The average Bonchev–Trinajstić information content (AvgIpc) is 3.11. The molecule has 29 heavy (non-hydrogen) atoms. The number of Topliss-reactive ketones (excluding diaryl/α,β-unsaturated/α-hetero) is 1. The number of ether oxygens (including phenoxy) is 1. The average molecular weight is 410 g/mol. The molecule has 0 aliphatic heterocycles. The van der Waals surface area contributed by atoms with Gasteiger partial charge in [0.25, 0.3) is 0 Å². The van der Waals surface area contributed by atoms with Crippen LogP contribution in [-0.4, -0.2) is 40.5 Å². The number of carbonyl (C=O) groups is 1. The van der Waals surface area contributed by atoms with Gasteiger partial charge in [-0.1, -0.05) is 23.5 Å². The van der Waals surface area contributed by atoms with Crippen molar-refractivity contribution in [2.75, 3.05) is 24.4 Å². The van der Waals surface area contributed by atoms with E-state index in [9.17, 15) is 4.79 Å². The van der Waals surface area contributed by atoms with E-state index < -0.39 is 0 Å². The van der Waals surface area contributed by atoms with E-state index in [-0.39, 0.29) is 11.8 Å². The third kappa shape index (κ3) is 4.28. The van der Waals surface area contributed by atoms with E-state index >= 15 is 0 Å². The first kappa shape index (κ1) is 19.5. The number of ketones is 1. The highest BCUT2D eigenvalue weighted by atomic mass is 32.1. The van der Waals surface area contributed by atoms with Crippen LogP contribution in [0.25, 0.3) is 10.6 Å². The van der Waals surface area contributed by atoms with Crippen LogP contribution >= 0.6 is 11.3 Å². The molecule has 2 heterocycles. The molecule has 1 aromatic carbocycles. The number of anilines is 3. The number of hydrogen-bond acceptors (Lipinski definition) is 8. The Bertz CT molecular complexity index is 1050. The molecule has 2 aromatic heterocycles. The molecule has 3 aromatic rings. The third-order valence-electron chi connectivity index (χ3n) is 4.72. The lowest BCUT2D eigenvalue weighted by Crippen LogP contribution is -2.20. The molecule has 0 amide bonds. The maximum Gasteiger partial charge on any atom is 0.227 e. The van der Waals surface area contributed by atoms with Gasteiger partial charge >= 0.3 is 0 Å². The summed E-state index contributed by atoms with van der Waals surface area (Å²) < 4.78 is 5.19. The van der Waals surface area contributed by atoms with Crippen molar-refractivity contribution in [3.05, 3.63) is 47.3 Å². The van der Waals surface area contributed by atoms with Crippen LogP contribution in [0.15, 0.2) is 30.5 Å². The standard InChI is InChI=1S/C21H23N5O2S/c1-12(11-28-3)23-21-25-17-8-7-15-10-22-20(26-18(15)19(17)29-21)24-16-6-4-5-14(9-16)13(2)27/h4-6,9-10,12H,7-8,11H2,1-3H3,(H,23,25)(H,22,24,26). The number of rotatable bonds is 7. The highest BCUT2D eigenvalue weighted by molar-refractivity contribution is 7.19. The summed E-state index contributed by atoms with van der Waals surface area (Å²) in [5.41, 5.74) is 4.56. The Morgan fingerprint density at radius 3 is 2.97 bits per heavy atom. The molecule has 1 aliphatic rings. The summed E-state index contributed by atoms with van der Waals surface area (Å²) in [7, 11) is 1.69. The predicted octanol–water partition coefficient (Wildman–Crippen LogP) is 4.09. The van der Waals surface area contributed by atoms with Crippen LogP contribution < -0.4 is 10.6 Å². The van der Waals surface area contributed by atoms with Crippen molar-refractivity contribution in [2.24, 2.45) is 0 Å². The zero-order valence-electron chi connectivity index (χ0n) is 16.7. The number of nitrogens with zero attached hydrogens (tertiary/aromatic N) is 3. The first-order valence-electron chi connectivity index (χ1n) is 9.53. The molecule has 1 aliphatic carbocycles. The minimum Gasteiger partial charge on any atom is -0.383 e. The van der Waals surface area contributed by atoms with Crippen molar-refractivity contribution >= 4 is 33.9 Å². The number of hydrogen-bond donors (Lipinski definition) is 2. The van der Waals surface area contributed by atoms with E-state index in [4.69, 9.17) is 14.7 Å². The zero-order valence-corrected chi connectivity index (χ0v) is 17.5. The zero-order chi connectivity index (χ0) is 20.4. The molecular formula is C21H23N5O2S. The van der Waals surface area contributed by atoms with E-state index in [0.717, 1.165) is 45.5 Å². The van der Waals surface area contributed by atoms with Crippen molar-refractivity contribution in [3.63, 3.8) is 0 Å². The lowest BCUT2D eigenvalue weighted by atomic mass is 10.00. The summed E-state index contributed by atoms with van der Waals surface area (Å²) in [5.74, 6) is 0.532. The first-order chi connectivity index (χ1) is 14.0. The molecule has 4 rings (SSSR count). The van der Waals surface area contributed by atoms with Crippen LogP contribution in [0, 0.1) is 0 Å². The second-order valence-electron chi connectivity index (χ2n) is 7.13. The number of fused-ring (bicyclic) bond motifs is 3. The van der Waals surface area contributed by atoms with Crippen LogP contribution in [0.4, 0.5) is 16.8 Å². The van der Waals surface area contributed by atoms with E-state index in [1.165, 1.54) is 0 Å². The van der Waals surface area contributed by atoms with Gasteiger partial charge in [-0.25, -0.2) is 15.0 Å². The molecule has 150 valence electrons. The minimum atomic E-state index is 0.0250. The van der Waals surface area contributed by atoms with Gasteiger partial charge in [0, 0.05) is 30.6 Å². The van der Waals surface area contributed by atoms with Gasteiger partial charge in [-0.2, -0.15) is 0 Å². The van der Waals surface area contributed by atoms with Crippen LogP contribution in [0.2, 0.25) is 0 Å². The normalized spacial score (nSPS) is 13.3. The van der Waals surface area contributed by atoms with Gasteiger partial charge in [0.15, 0.2) is 10.9 Å². The van der Waals surface area contributed by atoms with Gasteiger partial charge in [-0.3, -0.25) is 4.79 Å². The van der Waals surface area contributed by atoms with Crippen molar-refractivity contribution in [2.45, 2.75) is 32.7 Å². The van der Waals surface area contributed by atoms with Gasteiger partial charge < -0.3 is 15.4 Å². The monoisotopic (exact) mass is 409 g/mol. The number of benzene rings is 1. The summed E-state index contributed by atoms with van der Waals surface area (Å²) in [4.78, 5) is 26.7.